The summed E-state index contributed by atoms with van der Waals surface area (Å²) >= 11 is 1.59. The molecule has 4 aromatic rings. The number of hydrogen-bond donors (Lipinski definition) is 1. The van der Waals surface area contributed by atoms with Gasteiger partial charge in [-0.25, -0.2) is 4.98 Å². The maximum absolute atomic E-state index is 12.2. The van der Waals surface area contributed by atoms with Crippen LogP contribution in [0.15, 0.2) is 76.9 Å². The Bertz CT molecular complexity index is 1110. The summed E-state index contributed by atoms with van der Waals surface area (Å²) < 4.78 is 1.74. The number of hydrogen-bond acceptors (Lipinski definition) is 5. The maximum Gasteiger partial charge on any atom is 0.253 e. The van der Waals surface area contributed by atoms with E-state index in [1.54, 1.807) is 16.3 Å². The van der Waals surface area contributed by atoms with E-state index in [1.165, 1.54) is 6.33 Å². The number of anilines is 1. The fourth-order valence-electron chi connectivity index (χ4n) is 2.94. The molecule has 1 N–H and O–H groups in total. The van der Waals surface area contributed by atoms with E-state index in [9.17, 15) is 4.79 Å². The molecule has 0 saturated heterocycles. The molecule has 29 heavy (non-hydrogen) atoms. The number of carbonyl (C=O) groups is 1. The van der Waals surface area contributed by atoms with Gasteiger partial charge in [0.1, 0.15) is 11.4 Å². The lowest BCUT2D eigenvalue weighted by molar-refractivity contribution is -0.116. The second-order valence-electron chi connectivity index (χ2n) is 6.57. The lowest BCUT2D eigenvalue weighted by Crippen LogP contribution is -2.12. The molecule has 1 amide bonds. The van der Waals surface area contributed by atoms with Gasteiger partial charge in [-0.05, 0) is 48.7 Å². The van der Waals surface area contributed by atoms with Crippen LogP contribution < -0.4 is 5.32 Å². The maximum atomic E-state index is 12.2. The molecule has 2 heterocycles. The predicted octanol–water partition coefficient (Wildman–Crippen LogP) is 4.41. The largest absolute Gasteiger partial charge is 0.326 e. The van der Waals surface area contributed by atoms with Crippen molar-refractivity contribution < 1.29 is 4.79 Å². The molecular formula is C22H21N5OS. The van der Waals surface area contributed by atoms with Crippen molar-refractivity contribution in [1.82, 2.24) is 19.6 Å². The first-order valence-corrected chi connectivity index (χ1v) is 10.3. The first-order valence-electron chi connectivity index (χ1n) is 9.52. The van der Waals surface area contributed by atoms with E-state index in [0.29, 0.717) is 12.2 Å². The number of nitrogens with one attached hydrogen (secondary N) is 1. The average Bonchev–Trinajstić information content (AvgIpc) is 3.23. The Balaban J connectivity index is 1.39. The van der Waals surface area contributed by atoms with Gasteiger partial charge in [-0.3, -0.25) is 4.79 Å². The van der Waals surface area contributed by atoms with Crippen molar-refractivity contribution in [2.24, 2.45) is 0 Å². The molecular weight excluding hydrogens is 382 g/mol. The number of nitrogens with zero attached hydrogens (tertiary/aromatic N) is 4. The highest BCUT2D eigenvalue weighted by atomic mass is 32.2. The first-order chi connectivity index (χ1) is 14.2. The Morgan fingerprint density at radius 3 is 2.66 bits per heavy atom. The molecule has 0 fully saturated rings. The number of rotatable bonds is 7. The van der Waals surface area contributed by atoms with Crippen LogP contribution in [0.25, 0.3) is 5.78 Å². The molecule has 0 atom stereocenters. The van der Waals surface area contributed by atoms with Crippen molar-refractivity contribution in [2.75, 3.05) is 5.32 Å². The number of benzene rings is 2. The first kappa shape index (κ1) is 19.1. The zero-order chi connectivity index (χ0) is 20.1. The molecule has 6 nitrogen and oxygen atoms in total. The fraction of sp³-hybridized carbons (Fsp3) is 0.182. The van der Waals surface area contributed by atoms with Crippen LogP contribution >= 0.6 is 11.8 Å². The molecule has 0 unspecified atom stereocenters. The van der Waals surface area contributed by atoms with Crippen LogP contribution in [0.2, 0.25) is 0 Å². The fourth-order valence-corrected chi connectivity index (χ4v) is 3.86. The Kier molecular flexibility index (Phi) is 5.86. The summed E-state index contributed by atoms with van der Waals surface area (Å²) in [6.45, 7) is 2.07. The van der Waals surface area contributed by atoms with Crippen molar-refractivity contribution in [1.29, 1.82) is 0 Å². The molecule has 146 valence electrons. The highest BCUT2D eigenvalue weighted by Gasteiger charge is 2.09. The van der Waals surface area contributed by atoms with Crippen molar-refractivity contribution >= 4 is 29.1 Å². The van der Waals surface area contributed by atoms with Gasteiger partial charge in [-0.15, -0.1) is 0 Å². The molecule has 7 heteroatoms. The van der Waals surface area contributed by atoms with Crippen LogP contribution in [0.4, 0.5) is 5.69 Å². The van der Waals surface area contributed by atoms with Gasteiger partial charge in [0, 0.05) is 22.7 Å². The minimum absolute atomic E-state index is 0.0142. The number of fused-ring (bicyclic) bond motifs is 1. The predicted molar refractivity (Wildman–Crippen MR) is 114 cm³/mol. The standard InChI is InChI=1S/C22H21N5OS/c1-2-17-14-21(27-22(26-17)23-15-24-27)29-19-11-9-18(10-12-19)25-20(28)13-8-16-6-4-3-5-7-16/h3-7,9-12,14-15H,2,8,13H2,1H3,(H,25,28). The Morgan fingerprint density at radius 2 is 1.90 bits per heavy atom. The lowest BCUT2D eigenvalue weighted by Gasteiger charge is -2.08. The van der Waals surface area contributed by atoms with Crippen LogP contribution in [0.1, 0.15) is 24.6 Å². The van der Waals surface area contributed by atoms with E-state index in [4.69, 9.17) is 0 Å². The van der Waals surface area contributed by atoms with Gasteiger partial charge in [0.15, 0.2) is 0 Å². The van der Waals surface area contributed by atoms with Crippen LogP contribution in [-0.4, -0.2) is 25.5 Å². The van der Waals surface area contributed by atoms with Crippen molar-refractivity contribution in [2.45, 2.75) is 36.1 Å². The second-order valence-corrected chi connectivity index (χ2v) is 7.67. The number of amides is 1. The van der Waals surface area contributed by atoms with Crippen LogP contribution in [-0.2, 0) is 17.6 Å². The van der Waals surface area contributed by atoms with E-state index in [1.807, 2.05) is 60.7 Å². The lowest BCUT2D eigenvalue weighted by atomic mass is 10.1. The van der Waals surface area contributed by atoms with Gasteiger partial charge in [-0.1, -0.05) is 49.0 Å². The van der Waals surface area contributed by atoms with Gasteiger partial charge < -0.3 is 5.32 Å². The van der Waals surface area contributed by atoms with E-state index in [2.05, 4.69) is 27.3 Å². The number of aryl methyl sites for hydroxylation is 2. The Labute approximate surface area is 173 Å². The monoisotopic (exact) mass is 403 g/mol. The highest BCUT2D eigenvalue weighted by Crippen LogP contribution is 2.29. The summed E-state index contributed by atoms with van der Waals surface area (Å²) in [5, 5.41) is 8.18. The van der Waals surface area contributed by atoms with Gasteiger partial charge >= 0.3 is 0 Å². The van der Waals surface area contributed by atoms with Crippen LogP contribution in [0.5, 0.6) is 0 Å². The third-order valence-electron chi connectivity index (χ3n) is 4.48. The molecule has 0 aliphatic rings. The molecule has 0 aliphatic carbocycles. The smallest absolute Gasteiger partial charge is 0.253 e. The minimum atomic E-state index is 0.0142. The van der Waals surface area contributed by atoms with Crippen LogP contribution in [0.3, 0.4) is 0 Å². The third-order valence-corrected chi connectivity index (χ3v) is 5.49. The Hall–Kier alpha value is -3.19. The quantitative estimate of drug-likeness (QED) is 0.463. The summed E-state index contributed by atoms with van der Waals surface area (Å²) in [7, 11) is 0. The summed E-state index contributed by atoms with van der Waals surface area (Å²) in [6.07, 6.45) is 3.54. The van der Waals surface area contributed by atoms with E-state index >= 15 is 0 Å². The molecule has 0 radical (unpaired) electrons. The normalized spacial score (nSPS) is 10.9. The minimum Gasteiger partial charge on any atom is -0.326 e. The molecule has 2 aromatic carbocycles. The average molecular weight is 404 g/mol. The molecule has 0 saturated carbocycles. The SMILES string of the molecule is CCc1cc(Sc2ccc(NC(=O)CCc3ccccc3)cc2)n2ncnc2n1. The van der Waals surface area contributed by atoms with Crippen LogP contribution in [0, 0.1) is 0 Å². The topological polar surface area (TPSA) is 72.2 Å². The van der Waals surface area contributed by atoms with Gasteiger partial charge in [0.05, 0.1) is 0 Å². The summed E-state index contributed by atoms with van der Waals surface area (Å²) in [6, 6.07) is 19.9. The summed E-state index contributed by atoms with van der Waals surface area (Å²) in [4.78, 5) is 21.9. The van der Waals surface area contributed by atoms with Gasteiger partial charge in [-0.2, -0.15) is 14.6 Å². The summed E-state index contributed by atoms with van der Waals surface area (Å²) in [5.74, 6) is 0.620. The Morgan fingerprint density at radius 1 is 1.10 bits per heavy atom. The second kappa shape index (κ2) is 8.87. The van der Waals surface area contributed by atoms with Crippen molar-refractivity contribution in [3.63, 3.8) is 0 Å². The number of aromatic nitrogens is 4. The van der Waals surface area contributed by atoms with Crippen molar-refractivity contribution in [3.8, 4) is 0 Å². The van der Waals surface area contributed by atoms with Gasteiger partial charge in [0.25, 0.3) is 5.78 Å². The zero-order valence-corrected chi connectivity index (χ0v) is 16.9. The van der Waals surface area contributed by atoms with Crippen molar-refractivity contribution in [3.05, 3.63) is 78.2 Å². The highest BCUT2D eigenvalue weighted by molar-refractivity contribution is 7.99. The van der Waals surface area contributed by atoms with Gasteiger partial charge in [0.2, 0.25) is 5.91 Å². The third kappa shape index (κ3) is 4.81. The number of carbonyl (C=O) groups excluding carboxylic acids is 1. The zero-order valence-electron chi connectivity index (χ0n) is 16.1. The van der Waals surface area contributed by atoms with E-state index in [0.717, 1.165) is 39.7 Å². The molecule has 2 aromatic heterocycles. The molecule has 4 rings (SSSR count). The molecule has 0 aliphatic heterocycles. The molecule has 0 spiro atoms. The van der Waals surface area contributed by atoms with E-state index < -0.39 is 0 Å². The summed E-state index contributed by atoms with van der Waals surface area (Å²) in [5.41, 5.74) is 2.94. The molecule has 0 bridgehead atoms. The van der Waals surface area contributed by atoms with E-state index in [-0.39, 0.29) is 5.91 Å².